The monoisotopic (exact) mass is 279 g/mol. The lowest BCUT2D eigenvalue weighted by Crippen LogP contribution is -2.37. The molecule has 1 N–H and O–H groups in total. The van der Waals surface area contributed by atoms with Gasteiger partial charge in [-0.05, 0) is 55.7 Å². The largest absolute Gasteiger partial charge is 0.389 e. The molecule has 0 amide bonds. The minimum atomic E-state index is -0.626. The second kappa shape index (κ2) is 5.72. The van der Waals surface area contributed by atoms with Crippen molar-refractivity contribution in [2.75, 3.05) is 11.9 Å². The highest BCUT2D eigenvalue weighted by Gasteiger charge is 2.29. The Hall–Kier alpha value is -1.09. The molecule has 1 aromatic rings. The summed E-state index contributed by atoms with van der Waals surface area (Å²) < 4.78 is 14.2. The molecule has 112 valence electrons. The second-order valence-corrected chi connectivity index (χ2v) is 6.89. The van der Waals surface area contributed by atoms with Gasteiger partial charge in [0, 0.05) is 13.1 Å². The van der Waals surface area contributed by atoms with Gasteiger partial charge in [0.25, 0.3) is 0 Å². The Bertz CT molecular complexity index is 460. The maximum Gasteiger partial charge on any atom is 0.146 e. The SMILES string of the molecule is CC(O)c1ccc(N(C)C2CCC(C)(C)CC2)c(F)c1. The number of rotatable bonds is 3. The molecule has 0 saturated heterocycles. The zero-order valence-corrected chi connectivity index (χ0v) is 13.0. The number of halogens is 1. The summed E-state index contributed by atoms with van der Waals surface area (Å²) in [5.74, 6) is -0.240. The van der Waals surface area contributed by atoms with E-state index in [0.717, 1.165) is 12.8 Å². The number of anilines is 1. The Balaban J connectivity index is 2.12. The van der Waals surface area contributed by atoms with E-state index < -0.39 is 6.10 Å². The summed E-state index contributed by atoms with van der Waals surface area (Å²) in [6.45, 7) is 6.27. The molecular weight excluding hydrogens is 253 g/mol. The van der Waals surface area contributed by atoms with E-state index in [0.29, 0.717) is 22.7 Å². The third-order valence-corrected chi connectivity index (χ3v) is 4.69. The molecule has 0 heterocycles. The van der Waals surface area contributed by atoms with Gasteiger partial charge < -0.3 is 10.0 Å². The summed E-state index contributed by atoms with van der Waals surface area (Å²) in [6, 6.07) is 5.46. The van der Waals surface area contributed by atoms with Crippen molar-refractivity contribution in [2.24, 2.45) is 5.41 Å². The summed E-state index contributed by atoms with van der Waals surface area (Å²) in [4.78, 5) is 2.07. The van der Waals surface area contributed by atoms with Crippen LogP contribution in [-0.4, -0.2) is 18.2 Å². The Kier molecular flexibility index (Phi) is 4.38. The Morgan fingerprint density at radius 1 is 1.30 bits per heavy atom. The molecule has 0 bridgehead atoms. The molecule has 0 spiro atoms. The lowest BCUT2D eigenvalue weighted by atomic mass is 9.75. The highest BCUT2D eigenvalue weighted by atomic mass is 19.1. The average Bonchev–Trinajstić information content (AvgIpc) is 2.37. The van der Waals surface area contributed by atoms with Crippen LogP contribution in [-0.2, 0) is 0 Å². The highest BCUT2D eigenvalue weighted by Crippen LogP contribution is 2.38. The molecule has 2 rings (SSSR count). The number of aliphatic hydroxyl groups is 1. The molecule has 0 aliphatic heterocycles. The summed E-state index contributed by atoms with van der Waals surface area (Å²) in [5, 5.41) is 9.50. The van der Waals surface area contributed by atoms with Crippen molar-refractivity contribution in [3.8, 4) is 0 Å². The van der Waals surface area contributed by atoms with Crippen molar-refractivity contribution in [3.63, 3.8) is 0 Å². The van der Waals surface area contributed by atoms with E-state index in [1.54, 1.807) is 13.0 Å². The van der Waals surface area contributed by atoms with Gasteiger partial charge in [0.2, 0.25) is 0 Å². The van der Waals surface area contributed by atoms with Crippen molar-refractivity contribution >= 4 is 5.69 Å². The Morgan fingerprint density at radius 2 is 1.90 bits per heavy atom. The van der Waals surface area contributed by atoms with Crippen molar-refractivity contribution < 1.29 is 9.50 Å². The van der Waals surface area contributed by atoms with Crippen LogP contribution in [0.4, 0.5) is 10.1 Å². The van der Waals surface area contributed by atoms with Crippen LogP contribution in [0.1, 0.15) is 58.1 Å². The summed E-state index contributed by atoms with van der Waals surface area (Å²) in [6.07, 6.45) is 3.98. The van der Waals surface area contributed by atoms with Gasteiger partial charge >= 0.3 is 0 Å². The van der Waals surface area contributed by atoms with Crippen LogP contribution in [0.5, 0.6) is 0 Å². The molecule has 1 saturated carbocycles. The first kappa shape index (κ1) is 15.3. The van der Waals surface area contributed by atoms with Gasteiger partial charge in [0.15, 0.2) is 0 Å². The van der Waals surface area contributed by atoms with E-state index in [9.17, 15) is 9.50 Å². The molecule has 0 aromatic heterocycles. The Morgan fingerprint density at radius 3 is 2.40 bits per heavy atom. The van der Waals surface area contributed by atoms with Crippen molar-refractivity contribution in [2.45, 2.75) is 58.6 Å². The molecular formula is C17H26FNO. The van der Waals surface area contributed by atoms with Gasteiger partial charge in [0.1, 0.15) is 5.82 Å². The number of hydrogen-bond donors (Lipinski definition) is 1. The van der Waals surface area contributed by atoms with E-state index in [-0.39, 0.29) is 5.82 Å². The topological polar surface area (TPSA) is 23.5 Å². The van der Waals surface area contributed by atoms with Gasteiger partial charge in [-0.25, -0.2) is 4.39 Å². The fraction of sp³-hybridized carbons (Fsp3) is 0.647. The zero-order valence-electron chi connectivity index (χ0n) is 13.0. The average molecular weight is 279 g/mol. The van der Waals surface area contributed by atoms with E-state index in [4.69, 9.17) is 0 Å². The normalized spacial score (nSPS) is 20.7. The number of benzene rings is 1. The molecule has 20 heavy (non-hydrogen) atoms. The standard InChI is InChI=1S/C17H26FNO/c1-12(20)13-5-6-16(15(18)11-13)19(4)14-7-9-17(2,3)10-8-14/h5-6,11-12,14,20H,7-10H2,1-4H3. The minimum absolute atomic E-state index is 0.240. The highest BCUT2D eigenvalue weighted by molar-refractivity contribution is 5.49. The maximum absolute atomic E-state index is 14.2. The zero-order chi connectivity index (χ0) is 14.9. The molecule has 1 aliphatic rings. The molecule has 1 aliphatic carbocycles. The van der Waals surface area contributed by atoms with Crippen LogP contribution < -0.4 is 4.90 Å². The molecule has 1 fully saturated rings. The van der Waals surface area contributed by atoms with Gasteiger partial charge in [-0.2, -0.15) is 0 Å². The fourth-order valence-electron chi connectivity index (χ4n) is 3.04. The molecule has 2 nitrogen and oxygen atoms in total. The molecule has 3 heteroatoms. The molecule has 1 unspecified atom stereocenters. The van der Waals surface area contributed by atoms with Crippen LogP contribution in [0.2, 0.25) is 0 Å². The third kappa shape index (κ3) is 3.32. The van der Waals surface area contributed by atoms with Crippen LogP contribution in [0, 0.1) is 11.2 Å². The van der Waals surface area contributed by atoms with E-state index in [2.05, 4.69) is 18.7 Å². The Labute approximate surface area is 121 Å². The molecule has 1 atom stereocenters. The smallest absolute Gasteiger partial charge is 0.146 e. The van der Waals surface area contributed by atoms with E-state index in [1.807, 2.05) is 13.1 Å². The van der Waals surface area contributed by atoms with Gasteiger partial charge in [0.05, 0.1) is 11.8 Å². The fourth-order valence-corrected chi connectivity index (χ4v) is 3.04. The number of nitrogens with zero attached hydrogens (tertiary/aromatic N) is 1. The van der Waals surface area contributed by atoms with Crippen molar-refractivity contribution in [1.82, 2.24) is 0 Å². The predicted molar refractivity (Wildman–Crippen MR) is 81.5 cm³/mol. The molecule has 0 radical (unpaired) electrons. The lowest BCUT2D eigenvalue weighted by Gasteiger charge is -2.39. The van der Waals surface area contributed by atoms with Crippen molar-refractivity contribution in [1.29, 1.82) is 0 Å². The van der Waals surface area contributed by atoms with Gasteiger partial charge in [-0.15, -0.1) is 0 Å². The first-order valence-electron chi connectivity index (χ1n) is 7.50. The third-order valence-electron chi connectivity index (χ3n) is 4.69. The van der Waals surface area contributed by atoms with Gasteiger partial charge in [-0.1, -0.05) is 19.9 Å². The number of hydrogen-bond acceptors (Lipinski definition) is 2. The summed E-state index contributed by atoms with van der Waals surface area (Å²) in [5.41, 5.74) is 1.69. The number of aliphatic hydroxyl groups excluding tert-OH is 1. The van der Waals surface area contributed by atoms with Crippen molar-refractivity contribution in [3.05, 3.63) is 29.6 Å². The van der Waals surface area contributed by atoms with Gasteiger partial charge in [-0.3, -0.25) is 0 Å². The van der Waals surface area contributed by atoms with E-state index >= 15 is 0 Å². The maximum atomic E-state index is 14.2. The second-order valence-electron chi connectivity index (χ2n) is 6.89. The van der Waals surface area contributed by atoms with Crippen LogP contribution in [0.15, 0.2) is 18.2 Å². The summed E-state index contributed by atoms with van der Waals surface area (Å²) >= 11 is 0. The minimum Gasteiger partial charge on any atom is -0.389 e. The first-order chi connectivity index (χ1) is 9.30. The van der Waals surface area contributed by atoms with E-state index in [1.165, 1.54) is 18.9 Å². The van der Waals surface area contributed by atoms with Crippen LogP contribution in [0.3, 0.4) is 0 Å². The first-order valence-corrected chi connectivity index (χ1v) is 7.50. The van der Waals surface area contributed by atoms with Crippen LogP contribution in [0.25, 0.3) is 0 Å². The molecule has 1 aromatic carbocycles. The predicted octanol–water partition coefficient (Wildman–Crippen LogP) is 4.28. The lowest BCUT2D eigenvalue weighted by molar-refractivity contribution is 0.198. The summed E-state index contributed by atoms with van der Waals surface area (Å²) in [7, 11) is 1.98. The quantitative estimate of drug-likeness (QED) is 0.892. The van der Waals surface area contributed by atoms with Crippen LogP contribution >= 0.6 is 0 Å².